The zero-order chi connectivity index (χ0) is 39.6. The fourth-order valence-corrected chi connectivity index (χ4v) is 6.13. The van der Waals surface area contributed by atoms with Gasteiger partial charge in [0.25, 0.3) is 0 Å². The van der Waals surface area contributed by atoms with Crippen LogP contribution in [0.25, 0.3) is 0 Å². The first-order valence-electron chi connectivity index (χ1n) is 21.6. The van der Waals surface area contributed by atoms with Crippen LogP contribution in [0.2, 0.25) is 0 Å². The van der Waals surface area contributed by atoms with E-state index in [1.807, 2.05) is 6.08 Å². The lowest BCUT2D eigenvalue weighted by atomic mass is 10.1. The van der Waals surface area contributed by atoms with Gasteiger partial charge in [0.1, 0.15) is 6.61 Å². The predicted octanol–water partition coefficient (Wildman–Crippen LogP) is 13.3. The highest BCUT2D eigenvalue weighted by Crippen LogP contribution is 2.36. The van der Waals surface area contributed by atoms with Crippen LogP contribution in [0.15, 0.2) is 60.8 Å². The maximum atomic E-state index is 12.4. The summed E-state index contributed by atoms with van der Waals surface area (Å²) < 4.78 is 26.3. The predicted molar refractivity (Wildman–Crippen MR) is 225 cm³/mol. The van der Waals surface area contributed by atoms with E-state index >= 15 is 0 Å². The molecule has 0 radical (unpaired) electrons. The van der Waals surface area contributed by atoms with E-state index in [0.29, 0.717) is 19.3 Å². The zero-order valence-electron chi connectivity index (χ0n) is 34.4. The molecule has 0 fully saturated rings. The standard InChI is InChI=1S/C45H79O8P/c1-3-5-7-9-11-13-15-17-19-21-22-24-25-27-29-31-33-35-37-39-44(46)51-41-43(42-52-54(48,49)50)53-45(47)40-38-36-34-32-30-28-26-23-20-18-16-14-12-10-8-6-4-2/h12,14,17-20,26,28,32,34,43H,3-11,13,15-16,21-25,27,29-31,33,35-42H2,1-2H3,(H2,48,49,50)/b14-12+,19-17+,20-18+,28-26+,34-32+/t43-/m1/s1. The van der Waals surface area contributed by atoms with Crippen LogP contribution >= 0.6 is 7.82 Å². The number of rotatable bonds is 39. The summed E-state index contributed by atoms with van der Waals surface area (Å²) in [6.45, 7) is 3.61. The van der Waals surface area contributed by atoms with E-state index in [0.717, 1.165) is 38.5 Å². The number of unbranched alkanes of at least 4 members (excludes halogenated alkanes) is 19. The Hall–Kier alpha value is -2.25. The number of ether oxygens (including phenoxy) is 2. The molecule has 0 aromatic rings. The molecule has 8 nitrogen and oxygen atoms in total. The third-order valence-electron chi connectivity index (χ3n) is 9.01. The number of carbonyl (C=O) groups is 2. The topological polar surface area (TPSA) is 119 Å². The van der Waals surface area contributed by atoms with Crippen molar-refractivity contribution in [3.8, 4) is 0 Å². The van der Waals surface area contributed by atoms with Crippen molar-refractivity contribution in [3.05, 3.63) is 60.8 Å². The molecule has 0 bridgehead atoms. The number of hydrogen-bond donors (Lipinski definition) is 2. The lowest BCUT2D eigenvalue weighted by molar-refractivity contribution is -0.161. The number of phosphoric acid groups is 1. The Labute approximate surface area is 330 Å². The lowest BCUT2D eigenvalue weighted by Crippen LogP contribution is -2.29. The molecule has 0 saturated heterocycles. The minimum Gasteiger partial charge on any atom is -0.462 e. The maximum Gasteiger partial charge on any atom is 0.469 e. The Balaban J connectivity index is 3.99. The van der Waals surface area contributed by atoms with Crippen molar-refractivity contribution in [2.24, 2.45) is 0 Å². The first-order chi connectivity index (χ1) is 26.3. The molecule has 0 aromatic heterocycles. The summed E-state index contributed by atoms with van der Waals surface area (Å²) in [7, 11) is -4.77. The Morgan fingerprint density at radius 1 is 0.481 bits per heavy atom. The normalized spacial score (nSPS) is 13.0. The second-order valence-corrected chi connectivity index (χ2v) is 15.5. The fraction of sp³-hybridized carbons (Fsp3) is 0.733. The summed E-state index contributed by atoms with van der Waals surface area (Å²) in [4.78, 5) is 42.8. The van der Waals surface area contributed by atoms with Crippen LogP contribution < -0.4 is 0 Å². The van der Waals surface area contributed by atoms with Crippen LogP contribution in [-0.2, 0) is 28.2 Å². The van der Waals surface area contributed by atoms with Gasteiger partial charge in [-0.2, -0.15) is 0 Å². The molecule has 1 atom stereocenters. The first-order valence-corrected chi connectivity index (χ1v) is 23.1. The smallest absolute Gasteiger partial charge is 0.462 e. The number of hydrogen-bond acceptors (Lipinski definition) is 6. The van der Waals surface area contributed by atoms with Crippen molar-refractivity contribution in [2.45, 2.75) is 200 Å². The molecule has 312 valence electrons. The van der Waals surface area contributed by atoms with Gasteiger partial charge >= 0.3 is 19.8 Å². The third kappa shape index (κ3) is 42.5. The minimum atomic E-state index is -4.77. The molecule has 54 heavy (non-hydrogen) atoms. The molecule has 0 unspecified atom stereocenters. The van der Waals surface area contributed by atoms with Crippen molar-refractivity contribution in [3.63, 3.8) is 0 Å². The van der Waals surface area contributed by atoms with E-state index in [-0.39, 0.29) is 19.4 Å². The Kier molecular flexibility index (Phi) is 38.7. The zero-order valence-corrected chi connectivity index (χ0v) is 35.2. The van der Waals surface area contributed by atoms with Crippen molar-refractivity contribution in [1.29, 1.82) is 0 Å². The van der Waals surface area contributed by atoms with E-state index in [1.54, 1.807) is 0 Å². The van der Waals surface area contributed by atoms with E-state index in [2.05, 4.69) is 73.1 Å². The summed E-state index contributed by atoms with van der Waals surface area (Å²) in [5.74, 6) is -0.953. The largest absolute Gasteiger partial charge is 0.469 e. The van der Waals surface area contributed by atoms with Gasteiger partial charge in [0.2, 0.25) is 0 Å². The third-order valence-corrected chi connectivity index (χ3v) is 9.49. The highest BCUT2D eigenvalue weighted by atomic mass is 31.2. The molecule has 0 aliphatic carbocycles. The molecule has 0 aliphatic heterocycles. The van der Waals surface area contributed by atoms with Crippen LogP contribution in [0.5, 0.6) is 0 Å². The second kappa shape index (κ2) is 40.4. The molecule has 0 heterocycles. The van der Waals surface area contributed by atoms with E-state index in [1.165, 1.54) is 109 Å². The molecule has 0 amide bonds. The van der Waals surface area contributed by atoms with E-state index in [9.17, 15) is 14.2 Å². The summed E-state index contributed by atoms with van der Waals surface area (Å²) in [6, 6.07) is 0. The SMILES string of the molecule is CCCCC/C=C/C/C=C/C/C=C/C/C=C/CCCC(=O)O[C@H](COC(=O)CCCCCCCCCCC/C=C/CCCCCCCC)COP(=O)(O)O. The Bertz CT molecular complexity index is 1060. The van der Waals surface area contributed by atoms with Crippen molar-refractivity contribution in [2.75, 3.05) is 13.2 Å². The van der Waals surface area contributed by atoms with Crippen molar-refractivity contribution < 1.29 is 37.9 Å². The van der Waals surface area contributed by atoms with Crippen LogP contribution in [0, 0.1) is 0 Å². The van der Waals surface area contributed by atoms with Crippen molar-refractivity contribution in [1.82, 2.24) is 0 Å². The molecule has 0 spiro atoms. The highest BCUT2D eigenvalue weighted by molar-refractivity contribution is 7.46. The molecule has 0 rings (SSSR count). The molecule has 0 saturated carbocycles. The number of esters is 2. The lowest BCUT2D eigenvalue weighted by Gasteiger charge is -2.18. The number of phosphoric ester groups is 1. The van der Waals surface area contributed by atoms with Gasteiger partial charge in [0, 0.05) is 12.8 Å². The Morgan fingerprint density at radius 2 is 0.852 bits per heavy atom. The number of carbonyl (C=O) groups excluding carboxylic acids is 2. The van der Waals surface area contributed by atoms with Gasteiger partial charge in [0.15, 0.2) is 6.10 Å². The van der Waals surface area contributed by atoms with Crippen LogP contribution in [-0.4, -0.2) is 41.0 Å². The molecular weight excluding hydrogens is 699 g/mol. The molecule has 0 aromatic carbocycles. The average molecular weight is 779 g/mol. The van der Waals surface area contributed by atoms with Gasteiger partial charge in [-0.1, -0.05) is 164 Å². The molecule has 0 aliphatic rings. The quantitative estimate of drug-likeness (QED) is 0.0274. The summed E-state index contributed by atoms with van der Waals surface area (Å²) in [5, 5.41) is 0. The van der Waals surface area contributed by atoms with Gasteiger partial charge in [-0.05, 0) is 77.0 Å². The summed E-state index contributed by atoms with van der Waals surface area (Å²) in [6.07, 6.45) is 50.9. The summed E-state index contributed by atoms with van der Waals surface area (Å²) in [5.41, 5.74) is 0. The van der Waals surface area contributed by atoms with Crippen LogP contribution in [0.4, 0.5) is 0 Å². The van der Waals surface area contributed by atoms with Gasteiger partial charge < -0.3 is 19.3 Å². The Morgan fingerprint density at radius 3 is 1.35 bits per heavy atom. The monoisotopic (exact) mass is 779 g/mol. The molecule has 9 heteroatoms. The van der Waals surface area contributed by atoms with Gasteiger partial charge in [-0.25, -0.2) is 4.57 Å². The van der Waals surface area contributed by atoms with E-state index < -0.39 is 32.5 Å². The van der Waals surface area contributed by atoms with Crippen LogP contribution in [0.3, 0.4) is 0 Å². The maximum absolute atomic E-state index is 12.4. The second-order valence-electron chi connectivity index (χ2n) is 14.3. The minimum absolute atomic E-state index is 0.134. The molecular formula is C45H79O8P. The first kappa shape index (κ1) is 51.8. The summed E-state index contributed by atoms with van der Waals surface area (Å²) >= 11 is 0. The average Bonchev–Trinajstić information content (AvgIpc) is 3.14. The van der Waals surface area contributed by atoms with Gasteiger partial charge in [-0.3, -0.25) is 14.1 Å². The fourth-order valence-electron chi connectivity index (χ4n) is 5.77. The van der Waals surface area contributed by atoms with Crippen LogP contribution in [0.1, 0.15) is 194 Å². The molecule has 2 N–H and O–H groups in total. The highest BCUT2D eigenvalue weighted by Gasteiger charge is 2.22. The van der Waals surface area contributed by atoms with Gasteiger partial charge in [-0.15, -0.1) is 0 Å². The number of allylic oxidation sites excluding steroid dienone is 10. The van der Waals surface area contributed by atoms with Crippen molar-refractivity contribution >= 4 is 19.8 Å². The van der Waals surface area contributed by atoms with E-state index in [4.69, 9.17) is 19.3 Å². The van der Waals surface area contributed by atoms with Gasteiger partial charge in [0.05, 0.1) is 6.61 Å².